The van der Waals surface area contributed by atoms with E-state index in [1.807, 2.05) is 0 Å². The number of carboxylic acids is 1. The lowest BCUT2D eigenvalue weighted by molar-refractivity contribution is -0.142. The van der Waals surface area contributed by atoms with Gasteiger partial charge >= 0.3 is 5.97 Å². The van der Waals surface area contributed by atoms with Gasteiger partial charge in [-0.2, -0.15) is 0 Å². The number of carbonyl (C=O) groups is 3. The average molecular weight is 450 g/mol. The number of amides is 2. The minimum Gasteiger partial charge on any atom is -0.480 e. The minimum atomic E-state index is -1.20. The molecule has 174 valence electrons. The van der Waals surface area contributed by atoms with Gasteiger partial charge in [-0.05, 0) is 45.1 Å². The van der Waals surface area contributed by atoms with Gasteiger partial charge < -0.3 is 38.7 Å². The molecule has 12 nitrogen and oxygen atoms in total. The Morgan fingerprint density at radius 3 is 2.17 bits per heavy atom. The summed E-state index contributed by atoms with van der Waals surface area (Å²) in [5, 5.41) is 14.3. The molecule has 0 aliphatic rings. The SMILES string of the molecule is CS(=O)CCC(NC(=O)C(N)CCCN=C(N)N)C(=O)NC(CCCCN)C(=O)O. The monoisotopic (exact) mass is 449 g/mol. The molecule has 0 heterocycles. The first-order valence-corrected chi connectivity index (χ1v) is 11.5. The van der Waals surface area contributed by atoms with Crippen molar-refractivity contribution in [2.75, 3.05) is 25.1 Å². The number of aliphatic imine (C=N–C) groups is 1. The molecule has 0 saturated carbocycles. The second-order valence-electron chi connectivity index (χ2n) is 6.87. The van der Waals surface area contributed by atoms with Crippen LogP contribution in [-0.2, 0) is 25.2 Å². The van der Waals surface area contributed by atoms with E-state index in [9.17, 15) is 23.7 Å². The van der Waals surface area contributed by atoms with E-state index in [1.165, 1.54) is 6.26 Å². The molecular formula is C17H35N7O5S. The molecule has 4 unspecified atom stereocenters. The maximum Gasteiger partial charge on any atom is 0.326 e. The van der Waals surface area contributed by atoms with Gasteiger partial charge in [0.2, 0.25) is 11.8 Å². The van der Waals surface area contributed by atoms with Crippen LogP contribution in [0.4, 0.5) is 0 Å². The lowest BCUT2D eigenvalue weighted by Gasteiger charge is -2.22. The average Bonchev–Trinajstić information content (AvgIpc) is 2.66. The Labute approximate surface area is 179 Å². The zero-order valence-corrected chi connectivity index (χ0v) is 18.2. The highest BCUT2D eigenvalue weighted by Crippen LogP contribution is 2.04. The van der Waals surface area contributed by atoms with Crippen LogP contribution in [0.2, 0.25) is 0 Å². The molecule has 2 amide bonds. The number of unbranched alkanes of at least 4 members (excludes halogenated alkanes) is 1. The van der Waals surface area contributed by atoms with Gasteiger partial charge in [-0.1, -0.05) is 0 Å². The summed E-state index contributed by atoms with van der Waals surface area (Å²) in [6.45, 7) is 0.730. The number of guanidine groups is 1. The zero-order valence-electron chi connectivity index (χ0n) is 17.3. The summed E-state index contributed by atoms with van der Waals surface area (Å²) in [6.07, 6.45) is 3.67. The molecule has 0 bridgehead atoms. The van der Waals surface area contributed by atoms with Crippen molar-refractivity contribution in [3.8, 4) is 0 Å². The standard InChI is InChI=1S/C17H35N7O5S/c1-30(29)10-7-12(15(26)24-13(16(27)28)6-2-3-8-18)23-14(25)11(19)5-4-9-22-17(20)21/h11-13H,2-10,18-19H2,1H3,(H,23,25)(H,24,26)(H,27,28)(H4,20,21,22). The van der Waals surface area contributed by atoms with E-state index in [4.69, 9.17) is 22.9 Å². The summed E-state index contributed by atoms with van der Waals surface area (Å²) in [7, 11) is -1.20. The summed E-state index contributed by atoms with van der Waals surface area (Å²) < 4.78 is 11.4. The molecule has 0 aromatic heterocycles. The number of nitrogens with two attached hydrogens (primary N) is 4. The van der Waals surface area contributed by atoms with Gasteiger partial charge in [0, 0.05) is 29.4 Å². The van der Waals surface area contributed by atoms with E-state index in [2.05, 4.69) is 15.6 Å². The number of aliphatic carboxylic acids is 1. The van der Waals surface area contributed by atoms with Crippen LogP contribution < -0.4 is 33.6 Å². The fourth-order valence-corrected chi connectivity index (χ4v) is 3.07. The van der Waals surface area contributed by atoms with Crippen LogP contribution in [0.5, 0.6) is 0 Å². The third kappa shape index (κ3) is 13.1. The molecule has 0 saturated heterocycles. The first-order valence-electron chi connectivity index (χ1n) is 9.73. The molecule has 0 aromatic rings. The van der Waals surface area contributed by atoms with Crippen LogP contribution in [0.1, 0.15) is 38.5 Å². The Bertz CT molecular complexity index is 613. The van der Waals surface area contributed by atoms with E-state index < -0.39 is 46.7 Å². The topological polar surface area (TPSA) is 229 Å². The van der Waals surface area contributed by atoms with E-state index in [1.54, 1.807) is 0 Å². The predicted octanol–water partition coefficient (Wildman–Crippen LogP) is -2.68. The molecular weight excluding hydrogens is 414 g/mol. The Kier molecular flexibility index (Phi) is 14.4. The number of carboxylic acid groups (broad SMARTS) is 1. The van der Waals surface area contributed by atoms with E-state index in [-0.39, 0.29) is 31.0 Å². The fraction of sp³-hybridized carbons (Fsp3) is 0.765. The Morgan fingerprint density at radius 2 is 1.63 bits per heavy atom. The second kappa shape index (κ2) is 15.6. The molecule has 11 N–H and O–H groups in total. The number of nitrogens with zero attached hydrogens (tertiary/aromatic N) is 1. The molecule has 0 radical (unpaired) electrons. The van der Waals surface area contributed by atoms with Gasteiger partial charge in [0.1, 0.15) is 12.1 Å². The first kappa shape index (κ1) is 27.8. The van der Waals surface area contributed by atoms with Gasteiger partial charge in [0.15, 0.2) is 5.96 Å². The maximum atomic E-state index is 12.6. The third-order valence-corrected chi connectivity index (χ3v) is 5.00. The van der Waals surface area contributed by atoms with Crippen LogP contribution >= 0.6 is 0 Å². The molecule has 30 heavy (non-hydrogen) atoms. The zero-order chi connectivity index (χ0) is 23.1. The van der Waals surface area contributed by atoms with Crippen LogP contribution in [-0.4, -0.2) is 76.3 Å². The van der Waals surface area contributed by atoms with E-state index in [0.29, 0.717) is 32.4 Å². The van der Waals surface area contributed by atoms with Gasteiger partial charge in [0.25, 0.3) is 0 Å². The fourth-order valence-electron chi connectivity index (χ4n) is 2.50. The Hall–Kier alpha value is -2.25. The number of rotatable bonds is 16. The molecule has 0 fully saturated rings. The molecule has 0 spiro atoms. The van der Waals surface area contributed by atoms with Crippen LogP contribution in [0.3, 0.4) is 0 Å². The summed E-state index contributed by atoms with van der Waals surface area (Å²) in [5.41, 5.74) is 21.7. The van der Waals surface area contributed by atoms with E-state index in [0.717, 1.165) is 0 Å². The summed E-state index contributed by atoms with van der Waals surface area (Å²) in [6, 6.07) is -3.06. The van der Waals surface area contributed by atoms with E-state index >= 15 is 0 Å². The number of carbonyl (C=O) groups excluding carboxylic acids is 2. The van der Waals surface area contributed by atoms with Crippen molar-refractivity contribution in [2.45, 2.75) is 56.7 Å². The maximum absolute atomic E-state index is 12.6. The molecule has 4 atom stereocenters. The lowest BCUT2D eigenvalue weighted by atomic mass is 10.1. The molecule has 0 aromatic carbocycles. The summed E-state index contributed by atoms with van der Waals surface area (Å²) >= 11 is 0. The number of hydrogen-bond acceptors (Lipinski definition) is 7. The van der Waals surface area contributed by atoms with Crippen molar-refractivity contribution in [1.82, 2.24) is 10.6 Å². The van der Waals surface area contributed by atoms with Crippen molar-refractivity contribution >= 4 is 34.5 Å². The first-order chi connectivity index (χ1) is 14.1. The van der Waals surface area contributed by atoms with Gasteiger partial charge in [-0.25, -0.2) is 4.79 Å². The van der Waals surface area contributed by atoms with Gasteiger partial charge in [-0.15, -0.1) is 0 Å². The summed E-state index contributed by atoms with van der Waals surface area (Å²) in [4.78, 5) is 40.2. The minimum absolute atomic E-state index is 0.0585. The molecule has 0 rings (SSSR count). The quantitative estimate of drug-likeness (QED) is 0.0738. The van der Waals surface area contributed by atoms with Crippen molar-refractivity contribution < 1.29 is 23.7 Å². The van der Waals surface area contributed by atoms with Crippen molar-refractivity contribution in [1.29, 1.82) is 0 Å². The smallest absolute Gasteiger partial charge is 0.326 e. The van der Waals surface area contributed by atoms with Crippen molar-refractivity contribution in [2.24, 2.45) is 27.9 Å². The molecule has 0 aliphatic heterocycles. The Balaban J connectivity index is 4.95. The van der Waals surface area contributed by atoms with Gasteiger partial charge in [0.05, 0.1) is 6.04 Å². The normalized spacial score (nSPS) is 14.8. The van der Waals surface area contributed by atoms with Crippen molar-refractivity contribution in [3.05, 3.63) is 0 Å². The highest BCUT2D eigenvalue weighted by Gasteiger charge is 2.27. The third-order valence-electron chi connectivity index (χ3n) is 4.19. The number of nitrogens with one attached hydrogen (secondary N) is 2. The predicted molar refractivity (Wildman–Crippen MR) is 116 cm³/mol. The van der Waals surface area contributed by atoms with Crippen LogP contribution in [0.25, 0.3) is 0 Å². The highest BCUT2D eigenvalue weighted by molar-refractivity contribution is 7.84. The number of hydrogen-bond donors (Lipinski definition) is 7. The lowest BCUT2D eigenvalue weighted by Crippen LogP contribution is -2.54. The van der Waals surface area contributed by atoms with Gasteiger partial charge in [-0.3, -0.25) is 18.8 Å². The highest BCUT2D eigenvalue weighted by atomic mass is 32.2. The second-order valence-corrected chi connectivity index (χ2v) is 8.42. The summed E-state index contributed by atoms with van der Waals surface area (Å²) in [5.74, 6) is -2.32. The van der Waals surface area contributed by atoms with Crippen LogP contribution in [0.15, 0.2) is 4.99 Å². The van der Waals surface area contributed by atoms with Crippen LogP contribution in [0, 0.1) is 0 Å². The Morgan fingerprint density at radius 1 is 1.00 bits per heavy atom. The van der Waals surface area contributed by atoms with Crippen molar-refractivity contribution in [3.63, 3.8) is 0 Å². The molecule has 0 aliphatic carbocycles. The largest absolute Gasteiger partial charge is 0.480 e. The molecule has 13 heteroatoms.